The van der Waals surface area contributed by atoms with Crippen molar-refractivity contribution < 1.29 is 9.59 Å². The minimum Gasteiger partial charge on any atom is -0.339 e. The van der Waals surface area contributed by atoms with Crippen molar-refractivity contribution in [2.24, 2.45) is 0 Å². The highest BCUT2D eigenvalue weighted by Crippen LogP contribution is 2.38. The molecule has 1 saturated heterocycles. The van der Waals surface area contributed by atoms with E-state index in [9.17, 15) is 14.4 Å². The SMILES string of the molecule is CC(=O)N1CCN(C(=O)C(C)n2nc(C3CC3)ccc2=O)CC1. The van der Waals surface area contributed by atoms with Crippen molar-refractivity contribution in [3.8, 4) is 0 Å². The van der Waals surface area contributed by atoms with Gasteiger partial charge in [-0.05, 0) is 25.8 Å². The van der Waals surface area contributed by atoms with E-state index in [1.54, 1.807) is 22.8 Å². The molecule has 0 N–H and O–H groups in total. The number of carbonyl (C=O) groups is 2. The van der Waals surface area contributed by atoms with E-state index < -0.39 is 6.04 Å². The third kappa shape index (κ3) is 3.28. The van der Waals surface area contributed by atoms with Crippen molar-refractivity contribution in [3.05, 3.63) is 28.2 Å². The molecule has 3 rings (SSSR count). The molecule has 1 unspecified atom stereocenters. The fraction of sp³-hybridized carbons (Fsp3) is 0.625. The lowest BCUT2D eigenvalue weighted by Gasteiger charge is -2.35. The van der Waals surface area contributed by atoms with Crippen molar-refractivity contribution in [1.29, 1.82) is 0 Å². The number of nitrogens with zero attached hydrogens (tertiary/aromatic N) is 4. The zero-order valence-electron chi connectivity index (χ0n) is 13.6. The lowest BCUT2D eigenvalue weighted by molar-refractivity contribution is -0.140. The summed E-state index contributed by atoms with van der Waals surface area (Å²) in [5.74, 6) is 0.346. The maximum Gasteiger partial charge on any atom is 0.267 e. The monoisotopic (exact) mass is 318 g/mol. The summed E-state index contributed by atoms with van der Waals surface area (Å²) in [5.41, 5.74) is 0.642. The van der Waals surface area contributed by atoms with E-state index in [1.807, 2.05) is 0 Å². The fourth-order valence-corrected chi connectivity index (χ4v) is 2.92. The standard InChI is InChI=1S/C16H22N4O3/c1-11(16(23)19-9-7-18(8-10-19)12(2)21)20-15(22)6-5-14(17-20)13-3-4-13/h5-6,11,13H,3-4,7-10H2,1-2H3. The Bertz CT molecular complexity index is 672. The Labute approximate surface area is 134 Å². The maximum absolute atomic E-state index is 12.6. The number of aromatic nitrogens is 2. The van der Waals surface area contributed by atoms with Crippen LogP contribution in [0.5, 0.6) is 0 Å². The first-order valence-corrected chi connectivity index (χ1v) is 8.11. The van der Waals surface area contributed by atoms with E-state index in [0.717, 1.165) is 18.5 Å². The molecule has 1 aliphatic carbocycles. The van der Waals surface area contributed by atoms with Gasteiger partial charge in [0.25, 0.3) is 5.56 Å². The highest BCUT2D eigenvalue weighted by molar-refractivity contribution is 5.80. The second kappa shape index (κ2) is 6.14. The van der Waals surface area contributed by atoms with E-state index in [0.29, 0.717) is 32.1 Å². The molecule has 1 aromatic rings. The van der Waals surface area contributed by atoms with Crippen molar-refractivity contribution in [2.45, 2.75) is 38.6 Å². The smallest absolute Gasteiger partial charge is 0.267 e. The van der Waals surface area contributed by atoms with Crippen LogP contribution >= 0.6 is 0 Å². The summed E-state index contributed by atoms with van der Waals surface area (Å²) in [7, 11) is 0. The van der Waals surface area contributed by atoms with Gasteiger partial charge in [0.15, 0.2) is 0 Å². The molecule has 2 aliphatic rings. The van der Waals surface area contributed by atoms with E-state index in [4.69, 9.17) is 0 Å². The number of piperazine rings is 1. The first-order chi connectivity index (χ1) is 11.0. The molecular weight excluding hydrogens is 296 g/mol. The van der Waals surface area contributed by atoms with Gasteiger partial charge in [0, 0.05) is 45.1 Å². The van der Waals surface area contributed by atoms with Crippen LogP contribution in [0.3, 0.4) is 0 Å². The predicted molar refractivity (Wildman–Crippen MR) is 84.0 cm³/mol. The Kier molecular flexibility index (Phi) is 4.19. The van der Waals surface area contributed by atoms with Gasteiger partial charge in [0.2, 0.25) is 11.8 Å². The van der Waals surface area contributed by atoms with Gasteiger partial charge in [-0.1, -0.05) is 0 Å². The number of hydrogen-bond donors (Lipinski definition) is 0. The molecule has 0 aromatic carbocycles. The summed E-state index contributed by atoms with van der Waals surface area (Å²) in [6.07, 6.45) is 2.20. The van der Waals surface area contributed by atoms with Gasteiger partial charge in [-0.15, -0.1) is 0 Å². The van der Waals surface area contributed by atoms with E-state index in [2.05, 4.69) is 5.10 Å². The molecule has 1 aromatic heterocycles. The van der Waals surface area contributed by atoms with Crippen LogP contribution in [-0.2, 0) is 9.59 Å². The number of hydrogen-bond acceptors (Lipinski definition) is 4. The normalized spacial score (nSPS) is 19.6. The highest BCUT2D eigenvalue weighted by Gasteiger charge is 2.30. The third-order valence-corrected chi connectivity index (χ3v) is 4.60. The summed E-state index contributed by atoms with van der Waals surface area (Å²) in [5, 5.41) is 4.39. The van der Waals surface area contributed by atoms with E-state index >= 15 is 0 Å². The summed E-state index contributed by atoms with van der Waals surface area (Å²) in [6.45, 7) is 5.33. The molecule has 1 atom stereocenters. The number of amides is 2. The average molecular weight is 318 g/mol. The Morgan fingerprint density at radius 3 is 2.30 bits per heavy atom. The van der Waals surface area contributed by atoms with Gasteiger partial charge in [-0.3, -0.25) is 14.4 Å². The zero-order valence-corrected chi connectivity index (χ0v) is 13.6. The zero-order chi connectivity index (χ0) is 16.6. The minimum atomic E-state index is -0.620. The second-order valence-corrected chi connectivity index (χ2v) is 6.32. The Balaban J connectivity index is 1.71. The molecule has 2 heterocycles. The van der Waals surface area contributed by atoms with Crippen molar-refractivity contribution in [1.82, 2.24) is 19.6 Å². The quantitative estimate of drug-likeness (QED) is 0.807. The molecule has 23 heavy (non-hydrogen) atoms. The van der Waals surface area contributed by atoms with Crippen LogP contribution < -0.4 is 5.56 Å². The molecule has 124 valence electrons. The van der Waals surface area contributed by atoms with E-state index in [1.165, 1.54) is 17.7 Å². The molecule has 1 saturated carbocycles. The van der Waals surface area contributed by atoms with E-state index in [-0.39, 0.29) is 17.4 Å². The molecule has 1 aliphatic heterocycles. The third-order valence-electron chi connectivity index (χ3n) is 4.60. The molecule has 0 spiro atoms. The van der Waals surface area contributed by atoms with Crippen LogP contribution in [0.4, 0.5) is 0 Å². The van der Waals surface area contributed by atoms with Crippen LogP contribution in [0.15, 0.2) is 16.9 Å². The molecule has 7 heteroatoms. The predicted octanol–water partition coefficient (Wildman–Crippen LogP) is 0.372. The molecular formula is C16H22N4O3. The van der Waals surface area contributed by atoms with Crippen molar-refractivity contribution >= 4 is 11.8 Å². The number of carbonyl (C=O) groups excluding carboxylic acids is 2. The first kappa shape index (κ1) is 15.7. The molecule has 2 fully saturated rings. The Hall–Kier alpha value is -2.18. The van der Waals surface area contributed by atoms with Crippen LogP contribution in [0.1, 0.15) is 44.3 Å². The molecule has 2 amide bonds. The topological polar surface area (TPSA) is 75.5 Å². The van der Waals surface area contributed by atoms with Crippen LogP contribution in [0, 0.1) is 0 Å². The summed E-state index contributed by atoms with van der Waals surface area (Å²) >= 11 is 0. The van der Waals surface area contributed by atoms with Crippen LogP contribution in [0.2, 0.25) is 0 Å². The first-order valence-electron chi connectivity index (χ1n) is 8.11. The Morgan fingerprint density at radius 1 is 1.13 bits per heavy atom. The van der Waals surface area contributed by atoms with Crippen LogP contribution in [-0.4, -0.2) is 57.6 Å². The lowest BCUT2D eigenvalue weighted by Crippen LogP contribution is -2.52. The molecule has 7 nitrogen and oxygen atoms in total. The maximum atomic E-state index is 12.6. The van der Waals surface area contributed by atoms with Gasteiger partial charge in [-0.2, -0.15) is 5.10 Å². The summed E-state index contributed by atoms with van der Waals surface area (Å²) in [6, 6.07) is 2.64. The summed E-state index contributed by atoms with van der Waals surface area (Å²) in [4.78, 5) is 39.5. The van der Waals surface area contributed by atoms with Gasteiger partial charge in [0.05, 0.1) is 5.69 Å². The van der Waals surface area contributed by atoms with Gasteiger partial charge in [-0.25, -0.2) is 4.68 Å². The minimum absolute atomic E-state index is 0.0279. The molecule has 0 radical (unpaired) electrons. The summed E-state index contributed by atoms with van der Waals surface area (Å²) < 4.78 is 1.30. The Morgan fingerprint density at radius 2 is 1.74 bits per heavy atom. The van der Waals surface area contributed by atoms with Crippen molar-refractivity contribution in [3.63, 3.8) is 0 Å². The van der Waals surface area contributed by atoms with Gasteiger partial charge >= 0.3 is 0 Å². The second-order valence-electron chi connectivity index (χ2n) is 6.32. The highest BCUT2D eigenvalue weighted by atomic mass is 16.2. The largest absolute Gasteiger partial charge is 0.339 e. The van der Waals surface area contributed by atoms with Gasteiger partial charge in [0.1, 0.15) is 6.04 Å². The van der Waals surface area contributed by atoms with Crippen molar-refractivity contribution in [2.75, 3.05) is 26.2 Å². The number of rotatable bonds is 3. The van der Waals surface area contributed by atoms with Crippen LogP contribution in [0.25, 0.3) is 0 Å². The average Bonchev–Trinajstić information content (AvgIpc) is 3.39. The van der Waals surface area contributed by atoms with Gasteiger partial charge < -0.3 is 9.80 Å². The fourth-order valence-electron chi connectivity index (χ4n) is 2.92. The lowest BCUT2D eigenvalue weighted by atomic mass is 10.2. The molecule has 0 bridgehead atoms.